The summed E-state index contributed by atoms with van der Waals surface area (Å²) in [6.07, 6.45) is -2.17. The minimum atomic E-state index is -1.62. The number of para-hydroxylation sites is 1. The molecule has 0 amide bonds. The second-order valence-electron chi connectivity index (χ2n) is 3.67. The zero-order chi connectivity index (χ0) is 14.4. The molecule has 0 aliphatic rings. The summed E-state index contributed by atoms with van der Waals surface area (Å²) in [5, 5.41) is 20.2. The number of ether oxygens (including phenoxy) is 1. The monoisotopic (exact) mass is 267 g/mol. The normalized spacial score (nSPS) is 11.7. The molecule has 0 saturated carbocycles. The number of hydrogen-bond acceptors (Lipinski definition) is 6. The average molecular weight is 267 g/mol. The molecule has 0 bridgehead atoms. The summed E-state index contributed by atoms with van der Waals surface area (Å²) < 4.78 is 4.54. The van der Waals surface area contributed by atoms with E-state index in [9.17, 15) is 24.8 Å². The maximum Gasteiger partial charge on any atom is 0.335 e. The molecule has 19 heavy (non-hydrogen) atoms. The summed E-state index contributed by atoms with van der Waals surface area (Å²) in [4.78, 5) is 33.0. The lowest BCUT2D eigenvalue weighted by Gasteiger charge is -2.08. The summed E-state index contributed by atoms with van der Waals surface area (Å²) in [5.41, 5.74) is -0.501. The summed E-state index contributed by atoms with van der Waals surface area (Å²) in [7, 11) is 0. The number of Topliss-reactive ketones (excluding diaryl/α,β-unsaturated/α-hetero) is 1. The number of aliphatic hydroxyl groups is 1. The Labute approximate surface area is 109 Å². The smallest absolute Gasteiger partial charge is 0.335 e. The van der Waals surface area contributed by atoms with Crippen LogP contribution in [-0.4, -0.2) is 34.5 Å². The van der Waals surface area contributed by atoms with Gasteiger partial charge in [-0.1, -0.05) is 12.1 Å². The number of ketones is 1. The molecule has 7 nitrogen and oxygen atoms in total. The fourth-order valence-electron chi connectivity index (χ4n) is 1.48. The molecule has 1 N–H and O–H groups in total. The first-order valence-corrected chi connectivity index (χ1v) is 5.58. The maximum atomic E-state index is 11.8. The number of nitro benzene ring substituents is 1. The Balaban J connectivity index is 2.84. The standard InChI is InChI=1S/C12H13NO6/c1-2-19-12(16)11(15)7-10(14)8-5-3-4-6-9(8)13(17)18/h3-6,11,15H,2,7H2,1H3. The lowest BCUT2D eigenvalue weighted by molar-refractivity contribution is -0.385. The van der Waals surface area contributed by atoms with Crippen LogP contribution in [0.15, 0.2) is 24.3 Å². The lowest BCUT2D eigenvalue weighted by atomic mass is 10.0. The number of hydrogen-bond donors (Lipinski definition) is 1. The highest BCUT2D eigenvalue weighted by Gasteiger charge is 2.25. The van der Waals surface area contributed by atoms with E-state index in [0.29, 0.717) is 0 Å². The third-order valence-corrected chi connectivity index (χ3v) is 2.34. The number of nitro groups is 1. The predicted molar refractivity (Wildman–Crippen MR) is 64.7 cm³/mol. The van der Waals surface area contributed by atoms with Crippen molar-refractivity contribution in [3.05, 3.63) is 39.9 Å². The van der Waals surface area contributed by atoms with Gasteiger partial charge in [-0.25, -0.2) is 4.79 Å². The topological polar surface area (TPSA) is 107 Å². The van der Waals surface area contributed by atoms with Crippen LogP contribution >= 0.6 is 0 Å². The first-order chi connectivity index (χ1) is 8.97. The van der Waals surface area contributed by atoms with E-state index in [0.717, 1.165) is 0 Å². The molecule has 0 aliphatic carbocycles. The number of rotatable bonds is 6. The van der Waals surface area contributed by atoms with Crippen molar-refractivity contribution in [2.45, 2.75) is 19.4 Å². The van der Waals surface area contributed by atoms with Crippen LogP contribution in [0.5, 0.6) is 0 Å². The van der Waals surface area contributed by atoms with Crippen LogP contribution in [-0.2, 0) is 9.53 Å². The highest BCUT2D eigenvalue weighted by molar-refractivity contribution is 6.01. The van der Waals surface area contributed by atoms with Crippen LogP contribution in [0.4, 0.5) is 5.69 Å². The Morgan fingerprint density at radius 2 is 2.05 bits per heavy atom. The van der Waals surface area contributed by atoms with E-state index in [4.69, 9.17) is 0 Å². The van der Waals surface area contributed by atoms with Crippen LogP contribution in [0.2, 0.25) is 0 Å². The minimum Gasteiger partial charge on any atom is -0.464 e. The number of carbonyl (C=O) groups is 2. The van der Waals surface area contributed by atoms with Gasteiger partial charge in [0.05, 0.1) is 17.1 Å². The van der Waals surface area contributed by atoms with Crippen molar-refractivity contribution < 1.29 is 24.4 Å². The molecule has 1 unspecified atom stereocenters. The first-order valence-electron chi connectivity index (χ1n) is 5.58. The first kappa shape index (κ1) is 14.8. The van der Waals surface area contributed by atoms with Gasteiger partial charge >= 0.3 is 5.97 Å². The van der Waals surface area contributed by atoms with Crippen LogP contribution in [0.3, 0.4) is 0 Å². The highest BCUT2D eigenvalue weighted by atomic mass is 16.6. The van der Waals surface area contributed by atoms with Gasteiger partial charge in [0.2, 0.25) is 0 Å². The Bertz CT molecular complexity index is 499. The van der Waals surface area contributed by atoms with Gasteiger partial charge in [-0.2, -0.15) is 0 Å². The summed E-state index contributed by atoms with van der Waals surface area (Å²) in [5.74, 6) is -1.61. The molecule has 102 valence electrons. The zero-order valence-electron chi connectivity index (χ0n) is 10.2. The Hall–Kier alpha value is -2.28. The van der Waals surface area contributed by atoms with Gasteiger partial charge in [0.25, 0.3) is 5.69 Å². The van der Waals surface area contributed by atoms with E-state index in [1.165, 1.54) is 24.3 Å². The van der Waals surface area contributed by atoms with E-state index in [1.54, 1.807) is 6.92 Å². The van der Waals surface area contributed by atoms with E-state index in [-0.39, 0.29) is 17.9 Å². The fraction of sp³-hybridized carbons (Fsp3) is 0.333. The van der Waals surface area contributed by atoms with E-state index < -0.39 is 29.2 Å². The molecule has 0 fully saturated rings. The fourth-order valence-corrected chi connectivity index (χ4v) is 1.48. The van der Waals surface area contributed by atoms with Crippen LogP contribution < -0.4 is 0 Å². The van der Waals surface area contributed by atoms with Crippen LogP contribution in [0.25, 0.3) is 0 Å². The van der Waals surface area contributed by atoms with Gasteiger partial charge in [0.1, 0.15) is 0 Å². The molecule has 7 heteroatoms. The van der Waals surface area contributed by atoms with E-state index >= 15 is 0 Å². The van der Waals surface area contributed by atoms with Gasteiger partial charge < -0.3 is 9.84 Å². The lowest BCUT2D eigenvalue weighted by Crippen LogP contribution is -2.26. The van der Waals surface area contributed by atoms with Gasteiger partial charge in [0.15, 0.2) is 11.9 Å². The van der Waals surface area contributed by atoms with Crippen LogP contribution in [0.1, 0.15) is 23.7 Å². The molecule has 0 aromatic heterocycles. The second-order valence-corrected chi connectivity index (χ2v) is 3.67. The number of nitrogens with zero attached hydrogens (tertiary/aromatic N) is 1. The Morgan fingerprint density at radius 1 is 1.42 bits per heavy atom. The van der Waals surface area contributed by atoms with Crippen molar-refractivity contribution in [2.75, 3.05) is 6.61 Å². The Morgan fingerprint density at radius 3 is 2.63 bits per heavy atom. The predicted octanol–water partition coefficient (Wildman–Crippen LogP) is 1.09. The van der Waals surface area contributed by atoms with Crippen LogP contribution in [0, 0.1) is 10.1 Å². The molecule has 1 aromatic carbocycles. The number of benzene rings is 1. The van der Waals surface area contributed by atoms with E-state index in [2.05, 4.69) is 4.74 Å². The number of esters is 1. The second kappa shape index (κ2) is 6.60. The molecule has 0 radical (unpaired) electrons. The van der Waals surface area contributed by atoms with Gasteiger partial charge in [-0.05, 0) is 13.0 Å². The number of aliphatic hydroxyl groups excluding tert-OH is 1. The molecule has 1 atom stereocenters. The van der Waals surface area contributed by atoms with Crippen molar-refractivity contribution in [1.29, 1.82) is 0 Å². The van der Waals surface area contributed by atoms with Crippen molar-refractivity contribution in [2.24, 2.45) is 0 Å². The van der Waals surface area contributed by atoms with Gasteiger partial charge in [0, 0.05) is 12.5 Å². The zero-order valence-corrected chi connectivity index (χ0v) is 10.2. The van der Waals surface area contributed by atoms with Crippen molar-refractivity contribution in [1.82, 2.24) is 0 Å². The molecule has 0 saturated heterocycles. The Kier molecular flexibility index (Phi) is 5.13. The van der Waals surface area contributed by atoms with E-state index in [1.807, 2.05) is 0 Å². The third-order valence-electron chi connectivity index (χ3n) is 2.34. The molecule has 1 rings (SSSR count). The highest BCUT2D eigenvalue weighted by Crippen LogP contribution is 2.20. The largest absolute Gasteiger partial charge is 0.464 e. The van der Waals surface area contributed by atoms with Crippen molar-refractivity contribution in [3.8, 4) is 0 Å². The maximum absolute atomic E-state index is 11.8. The molecule has 0 aliphatic heterocycles. The van der Waals surface area contributed by atoms with Gasteiger partial charge in [-0.3, -0.25) is 14.9 Å². The molecular formula is C12H13NO6. The van der Waals surface area contributed by atoms with Crippen molar-refractivity contribution in [3.63, 3.8) is 0 Å². The van der Waals surface area contributed by atoms with Crippen molar-refractivity contribution >= 4 is 17.4 Å². The average Bonchev–Trinajstić information content (AvgIpc) is 2.38. The summed E-state index contributed by atoms with van der Waals surface area (Å²) >= 11 is 0. The molecule has 1 aromatic rings. The third kappa shape index (κ3) is 3.85. The van der Waals surface area contributed by atoms with Gasteiger partial charge in [-0.15, -0.1) is 0 Å². The molecule has 0 heterocycles. The number of carbonyl (C=O) groups excluding carboxylic acids is 2. The molecule has 0 spiro atoms. The summed E-state index contributed by atoms with van der Waals surface area (Å²) in [6, 6.07) is 5.36. The molecular weight excluding hydrogens is 254 g/mol. The minimum absolute atomic E-state index is 0.0789. The SMILES string of the molecule is CCOC(=O)C(O)CC(=O)c1ccccc1[N+](=O)[O-]. The summed E-state index contributed by atoms with van der Waals surface area (Å²) in [6.45, 7) is 1.64. The quantitative estimate of drug-likeness (QED) is 0.358.